The fourth-order valence-corrected chi connectivity index (χ4v) is 4.25. The lowest BCUT2D eigenvalue weighted by Crippen LogP contribution is -2.28. The van der Waals surface area contributed by atoms with Gasteiger partial charge in [0.05, 0.1) is 32.4 Å². The highest BCUT2D eigenvalue weighted by atomic mass is 35.5. The summed E-state index contributed by atoms with van der Waals surface area (Å²) in [5.41, 5.74) is 0.847. The first-order valence-electron chi connectivity index (χ1n) is 9.18. The van der Waals surface area contributed by atoms with Crippen LogP contribution in [-0.4, -0.2) is 32.3 Å². The number of thioether (sulfide) groups is 1. The summed E-state index contributed by atoms with van der Waals surface area (Å²) >= 11 is 25.0. The minimum absolute atomic E-state index is 0.105. The standard InChI is InChI=1S/C20H17Cl4N5O2S/c1-10(25-19(31)13-5-3-11(21)7-15(13)23)18-27-28-20(29(18)2)32-9-17(30)26-12-4-6-14(22)16(24)8-12/h3-8,10H,9H2,1-2H3,(H,25,31)(H,26,30)/t10-/m1/s1. The van der Waals surface area contributed by atoms with Crippen molar-refractivity contribution >= 4 is 75.7 Å². The number of hydrogen-bond donors (Lipinski definition) is 2. The van der Waals surface area contributed by atoms with Crippen molar-refractivity contribution in [3.8, 4) is 0 Å². The monoisotopic (exact) mass is 531 g/mol. The van der Waals surface area contributed by atoms with Crippen LogP contribution in [0.15, 0.2) is 41.6 Å². The molecule has 2 amide bonds. The molecule has 7 nitrogen and oxygen atoms in total. The molecule has 0 spiro atoms. The summed E-state index contributed by atoms with van der Waals surface area (Å²) in [5, 5.41) is 15.8. The van der Waals surface area contributed by atoms with Crippen LogP contribution < -0.4 is 10.6 Å². The third kappa shape index (κ3) is 6.08. The van der Waals surface area contributed by atoms with Gasteiger partial charge in [-0.25, -0.2) is 0 Å². The normalized spacial score (nSPS) is 11.8. The second kappa shape index (κ2) is 10.8. The van der Waals surface area contributed by atoms with Crippen LogP contribution in [0.4, 0.5) is 5.69 Å². The quantitative estimate of drug-likeness (QED) is 0.384. The molecular formula is C20H17Cl4N5O2S. The van der Waals surface area contributed by atoms with Crippen LogP contribution in [-0.2, 0) is 11.8 Å². The Morgan fingerprint density at radius 1 is 1.03 bits per heavy atom. The van der Waals surface area contributed by atoms with Gasteiger partial charge in [-0.05, 0) is 43.3 Å². The third-order valence-corrected chi connectivity index (χ3v) is 6.62. The largest absolute Gasteiger partial charge is 0.342 e. The van der Waals surface area contributed by atoms with E-state index in [2.05, 4.69) is 20.8 Å². The molecular weight excluding hydrogens is 516 g/mol. The van der Waals surface area contributed by atoms with E-state index in [9.17, 15) is 9.59 Å². The van der Waals surface area contributed by atoms with Crippen LogP contribution in [0.1, 0.15) is 29.1 Å². The second-order valence-corrected chi connectivity index (χ2v) is 9.29. The van der Waals surface area contributed by atoms with E-state index in [1.165, 1.54) is 17.8 Å². The van der Waals surface area contributed by atoms with Crippen molar-refractivity contribution in [2.45, 2.75) is 18.1 Å². The molecule has 0 unspecified atom stereocenters. The molecule has 0 aliphatic carbocycles. The van der Waals surface area contributed by atoms with Gasteiger partial charge >= 0.3 is 0 Å². The summed E-state index contributed by atoms with van der Waals surface area (Å²) < 4.78 is 1.71. The van der Waals surface area contributed by atoms with E-state index in [4.69, 9.17) is 46.4 Å². The van der Waals surface area contributed by atoms with Crippen molar-refractivity contribution in [1.82, 2.24) is 20.1 Å². The minimum atomic E-state index is -0.453. The van der Waals surface area contributed by atoms with Crippen LogP contribution in [0.2, 0.25) is 20.1 Å². The van der Waals surface area contributed by atoms with Gasteiger partial charge in [0.1, 0.15) is 0 Å². The number of aromatic nitrogens is 3. The molecule has 2 aromatic carbocycles. The number of rotatable bonds is 7. The number of amides is 2. The predicted molar refractivity (Wildman–Crippen MR) is 129 cm³/mol. The Morgan fingerprint density at radius 2 is 1.78 bits per heavy atom. The number of benzene rings is 2. The average Bonchev–Trinajstić information content (AvgIpc) is 3.09. The topological polar surface area (TPSA) is 88.9 Å². The van der Waals surface area contributed by atoms with E-state index < -0.39 is 6.04 Å². The molecule has 3 rings (SSSR count). The van der Waals surface area contributed by atoms with Gasteiger partial charge in [0.2, 0.25) is 5.91 Å². The molecule has 0 saturated carbocycles. The molecule has 2 N–H and O–H groups in total. The van der Waals surface area contributed by atoms with Crippen molar-refractivity contribution in [2.75, 3.05) is 11.1 Å². The fraction of sp³-hybridized carbons (Fsp3) is 0.200. The van der Waals surface area contributed by atoms with E-state index >= 15 is 0 Å². The van der Waals surface area contributed by atoms with Crippen LogP contribution in [0, 0.1) is 0 Å². The Balaban J connectivity index is 1.59. The van der Waals surface area contributed by atoms with Crippen molar-refractivity contribution in [2.24, 2.45) is 7.05 Å². The van der Waals surface area contributed by atoms with Crippen molar-refractivity contribution in [3.05, 3.63) is 67.9 Å². The van der Waals surface area contributed by atoms with Gasteiger partial charge in [0.25, 0.3) is 5.91 Å². The van der Waals surface area contributed by atoms with E-state index in [-0.39, 0.29) is 22.6 Å². The molecule has 0 radical (unpaired) electrons. The summed E-state index contributed by atoms with van der Waals surface area (Å²) in [6.07, 6.45) is 0. The summed E-state index contributed by atoms with van der Waals surface area (Å²) in [6, 6.07) is 9.03. The number of hydrogen-bond acceptors (Lipinski definition) is 5. The Kier molecular flexibility index (Phi) is 8.30. The summed E-state index contributed by atoms with van der Waals surface area (Å²) in [6.45, 7) is 1.77. The van der Waals surface area contributed by atoms with Gasteiger partial charge in [-0.3, -0.25) is 9.59 Å². The van der Waals surface area contributed by atoms with Crippen molar-refractivity contribution in [3.63, 3.8) is 0 Å². The van der Waals surface area contributed by atoms with Crippen molar-refractivity contribution in [1.29, 1.82) is 0 Å². The molecule has 0 aliphatic rings. The maximum absolute atomic E-state index is 12.5. The van der Waals surface area contributed by atoms with E-state index in [1.54, 1.807) is 48.9 Å². The molecule has 12 heteroatoms. The first-order chi connectivity index (χ1) is 15.2. The molecule has 1 heterocycles. The van der Waals surface area contributed by atoms with Crippen LogP contribution in [0.3, 0.4) is 0 Å². The Morgan fingerprint density at radius 3 is 2.47 bits per heavy atom. The molecule has 0 fully saturated rings. The van der Waals surface area contributed by atoms with Gasteiger partial charge in [0, 0.05) is 17.8 Å². The van der Waals surface area contributed by atoms with Crippen LogP contribution in [0.25, 0.3) is 0 Å². The molecule has 0 bridgehead atoms. The smallest absolute Gasteiger partial charge is 0.253 e. The van der Waals surface area contributed by atoms with Gasteiger partial charge < -0.3 is 15.2 Å². The molecule has 1 atom stereocenters. The number of carbonyl (C=O) groups is 2. The van der Waals surface area contributed by atoms with Crippen LogP contribution >= 0.6 is 58.2 Å². The summed E-state index contributed by atoms with van der Waals surface area (Å²) in [5.74, 6) is 0.0257. The van der Waals surface area contributed by atoms with Gasteiger partial charge in [-0.1, -0.05) is 58.2 Å². The highest BCUT2D eigenvalue weighted by molar-refractivity contribution is 7.99. The third-order valence-electron chi connectivity index (χ3n) is 4.31. The van der Waals surface area contributed by atoms with Gasteiger partial charge in [-0.2, -0.15) is 0 Å². The second-order valence-electron chi connectivity index (χ2n) is 6.68. The lowest BCUT2D eigenvalue weighted by atomic mass is 10.2. The Labute approximate surface area is 208 Å². The molecule has 0 saturated heterocycles. The maximum Gasteiger partial charge on any atom is 0.253 e. The zero-order valence-corrected chi connectivity index (χ0v) is 20.7. The zero-order chi connectivity index (χ0) is 23.4. The lowest BCUT2D eigenvalue weighted by Gasteiger charge is -2.14. The summed E-state index contributed by atoms with van der Waals surface area (Å²) in [4.78, 5) is 24.8. The van der Waals surface area contributed by atoms with Gasteiger partial charge in [0.15, 0.2) is 11.0 Å². The van der Waals surface area contributed by atoms with E-state index in [0.717, 1.165) is 0 Å². The number of nitrogens with zero attached hydrogens (tertiary/aromatic N) is 3. The lowest BCUT2D eigenvalue weighted by molar-refractivity contribution is -0.113. The number of nitrogens with one attached hydrogen (secondary N) is 2. The predicted octanol–water partition coefficient (Wildman–Crippen LogP) is 5.65. The Hall–Kier alpha value is -1.97. The highest BCUT2D eigenvalue weighted by Gasteiger charge is 2.20. The molecule has 1 aromatic heterocycles. The maximum atomic E-state index is 12.5. The fourth-order valence-electron chi connectivity index (χ4n) is 2.74. The zero-order valence-electron chi connectivity index (χ0n) is 16.8. The average molecular weight is 533 g/mol. The van der Waals surface area contributed by atoms with Crippen molar-refractivity contribution < 1.29 is 9.59 Å². The van der Waals surface area contributed by atoms with Gasteiger partial charge in [-0.15, -0.1) is 10.2 Å². The Bertz CT molecular complexity index is 1170. The molecule has 168 valence electrons. The summed E-state index contributed by atoms with van der Waals surface area (Å²) in [7, 11) is 1.76. The number of halogens is 4. The SMILES string of the molecule is C[C@@H](NC(=O)c1ccc(Cl)cc1Cl)c1nnc(SCC(=O)Nc2ccc(Cl)c(Cl)c2)n1C. The minimum Gasteiger partial charge on any atom is -0.342 e. The van der Waals surface area contributed by atoms with E-state index in [1.807, 2.05) is 0 Å². The van der Waals surface area contributed by atoms with E-state index in [0.29, 0.717) is 37.3 Å². The first-order valence-corrected chi connectivity index (χ1v) is 11.7. The highest BCUT2D eigenvalue weighted by Crippen LogP contribution is 2.26. The molecule has 0 aliphatic heterocycles. The first kappa shape index (κ1) is 24.7. The molecule has 32 heavy (non-hydrogen) atoms. The van der Waals surface area contributed by atoms with Crippen LogP contribution in [0.5, 0.6) is 0 Å². The molecule has 3 aromatic rings. The number of anilines is 1. The number of carbonyl (C=O) groups excluding carboxylic acids is 2.